The molecule has 0 amide bonds. The van der Waals surface area contributed by atoms with Crippen molar-refractivity contribution in [3.8, 4) is 5.75 Å². The molecule has 1 aromatic heterocycles. The highest BCUT2D eigenvalue weighted by atomic mass is 79.9. The van der Waals surface area contributed by atoms with Crippen molar-refractivity contribution in [3.63, 3.8) is 0 Å². The van der Waals surface area contributed by atoms with Crippen LogP contribution in [0, 0.1) is 10.1 Å². The average molecular weight is 697 g/mol. The van der Waals surface area contributed by atoms with E-state index in [4.69, 9.17) is 14.5 Å². The average Bonchev–Trinajstić information content (AvgIpc) is 3.38. The molecule has 0 unspecified atom stereocenters. The molecule has 5 aromatic rings. The van der Waals surface area contributed by atoms with E-state index in [-0.39, 0.29) is 24.5 Å². The Hall–Kier alpha value is -5.13. The molecular weight excluding hydrogens is 670 g/mol. The van der Waals surface area contributed by atoms with E-state index in [1.807, 2.05) is 72.8 Å². The number of nitrogens with zero attached hydrogens (tertiary/aromatic N) is 3. The maximum atomic E-state index is 14.1. The third kappa shape index (κ3) is 6.33. The second-order valence-electron chi connectivity index (χ2n) is 10.2. The molecule has 1 aliphatic heterocycles. The number of hydrogen-bond acceptors (Lipinski definition) is 8. The predicted octanol–water partition coefficient (Wildman–Crippen LogP) is 6.19. The van der Waals surface area contributed by atoms with E-state index in [2.05, 4.69) is 15.9 Å². The van der Waals surface area contributed by atoms with Crippen molar-refractivity contribution in [2.24, 2.45) is 4.99 Å². The number of ether oxygens (including phenoxy) is 2. The maximum Gasteiger partial charge on any atom is 0.338 e. The second kappa shape index (κ2) is 13.5. The van der Waals surface area contributed by atoms with Gasteiger partial charge in [0.05, 0.1) is 37.8 Å². The van der Waals surface area contributed by atoms with Crippen LogP contribution in [-0.4, -0.2) is 22.1 Å². The van der Waals surface area contributed by atoms with Crippen LogP contribution in [0.25, 0.3) is 11.8 Å². The normalized spacial score (nSPS) is 14.4. The number of esters is 1. The van der Waals surface area contributed by atoms with E-state index < -0.39 is 16.9 Å². The fourth-order valence-corrected chi connectivity index (χ4v) is 6.65. The van der Waals surface area contributed by atoms with E-state index in [0.29, 0.717) is 30.8 Å². The van der Waals surface area contributed by atoms with Gasteiger partial charge in [0.2, 0.25) is 0 Å². The van der Waals surface area contributed by atoms with Crippen molar-refractivity contribution >= 4 is 50.7 Å². The Balaban J connectivity index is 1.40. The smallest absolute Gasteiger partial charge is 0.338 e. The van der Waals surface area contributed by atoms with Gasteiger partial charge in [-0.25, -0.2) is 9.79 Å². The molecule has 230 valence electrons. The van der Waals surface area contributed by atoms with Gasteiger partial charge in [0.15, 0.2) is 4.80 Å². The summed E-state index contributed by atoms with van der Waals surface area (Å²) in [5.41, 5.74) is 3.56. The molecule has 11 heteroatoms. The van der Waals surface area contributed by atoms with Crippen LogP contribution in [0.3, 0.4) is 0 Å². The van der Waals surface area contributed by atoms with E-state index in [1.165, 1.54) is 23.5 Å². The number of aromatic nitrogens is 1. The number of hydrogen-bond donors (Lipinski definition) is 0. The molecule has 0 fully saturated rings. The number of non-ortho nitro benzene ring substituents is 1. The highest BCUT2D eigenvalue weighted by molar-refractivity contribution is 9.10. The van der Waals surface area contributed by atoms with Crippen molar-refractivity contribution in [2.75, 3.05) is 6.61 Å². The Morgan fingerprint density at radius 3 is 2.37 bits per heavy atom. The van der Waals surface area contributed by atoms with Crippen LogP contribution in [0.4, 0.5) is 5.69 Å². The summed E-state index contributed by atoms with van der Waals surface area (Å²) in [6, 6.07) is 29.7. The minimum atomic E-state index is -0.740. The van der Waals surface area contributed by atoms with E-state index >= 15 is 0 Å². The van der Waals surface area contributed by atoms with Crippen molar-refractivity contribution in [3.05, 3.63) is 165 Å². The summed E-state index contributed by atoms with van der Waals surface area (Å²) in [7, 11) is 0. The number of rotatable bonds is 9. The van der Waals surface area contributed by atoms with E-state index in [0.717, 1.165) is 22.3 Å². The van der Waals surface area contributed by atoms with Crippen LogP contribution >= 0.6 is 27.3 Å². The zero-order chi connectivity index (χ0) is 32.2. The molecule has 0 saturated heterocycles. The van der Waals surface area contributed by atoms with Crippen LogP contribution in [-0.2, 0) is 16.1 Å². The van der Waals surface area contributed by atoms with Crippen LogP contribution < -0.4 is 19.6 Å². The number of carbonyl (C=O) groups is 1. The first-order chi connectivity index (χ1) is 22.3. The van der Waals surface area contributed by atoms with Gasteiger partial charge >= 0.3 is 5.97 Å². The Morgan fingerprint density at radius 1 is 1.02 bits per heavy atom. The van der Waals surface area contributed by atoms with E-state index in [1.54, 1.807) is 35.8 Å². The number of fused-ring (bicyclic) bond motifs is 1. The van der Waals surface area contributed by atoms with Gasteiger partial charge in [-0.2, -0.15) is 0 Å². The molecule has 0 spiro atoms. The summed E-state index contributed by atoms with van der Waals surface area (Å²) in [5.74, 6) is 0.0501. The summed E-state index contributed by atoms with van der Waals surface area (Å²) in [6.45, 7) is 2.15. The summed E-state index contributed by atoms with van der Waals surface area (Å²) >= 11 is 4.81. The molecule has 0 radical (unpaired) electrons. The van der Waals surface area contributed by atoms with Crippen molar-refractivity contribution in [1.82, 2.24) is 4.57 Å². The Labute approximate surface area is 275 Å². The Kier molecular flexibility index (Phi) is 9.04. The topological polar surface area (TPSA) is 113 Å². The molecule has 0 saturated carbocycles. The lowest BCUT2D eigenvalue weighted by molar-refractivity contribution is -0.384. The fraction of sp³-hybridized carbons (Fsp3) is 0.114. The first kappa shape index (κ1) is 30.9. The maximum absolute atomic E-state index is 14.1. The lowest BCUT2D eigenvalue weighted by Gasteiger charge is -2.25. The number of thiazole rings is 1. The first-order valence-electron chi connectivity index (χ1n) is 14.3. The number of nitro groups is 1. The number of halogens is 1. The summed E-state index contributed by atoms with van der Waals surface area (Å²) in [4.78, 5) is 43.4. The third-order valence-electron chi connectivity index (χ3n) is 7.28. The van der Waals surface area contributed by atoms with E-state index in [9.17, 15) is 19.7 Å². The SMILES string of the molecule is CCOC(=O)C1=C(c2ccccc2)N=c2s/c(=C\c3ccc(OCc4ccc([N+](=O)[O-])cc4)c(Br)c3)c(=O)n2[C@H]1c1ccccc1. The van der Waals surface area contributed by atoms with Crippen LogP contribution in [0.5, 0.6) is 5.75 Å². The van der Waals surface area contributed by atoms with Crippen molar-refractivity contribution < 1.29 is 19.2 Å². The molecule has 2 heterocycles. The molecule has 6 rings (SSSR count). The number of nitro benzene ring substituents is 1. The minimum Gasteiger partial charge on any atom is -0.488 e. The van der Waals surface area contributed by atoms with Gasteiger partial charge in [-0.05, 0) is 69.9 Å². The lowest BCUT2D eigenvalue weighted by atomic mass is 9.93. The van der Waals surface area contributed by atoms with Gasteiger partial charge in [-0.3, -0.25) is 19.5 Å². The summed E-state index contributed by atoms with van der Waals surface area (Å²) in [5, 5.41) is 10.9. The second-order valence-corrected chi connectivity index (χ2v) is 12.1. The molecule has 0 aliphatic carbocycles. The van der Waals surface area contributed by atoms with Gasteiger partial charge in [0, 0.05) is 17.7 Å². The lowest BCUT2D eigenvalue weighted by Crippen LogP contribution is -2.39. The first-order valence-corrected chi connectivity index (χ1v) is 15.9. The van der Waals surface area contributed by atoms with Gasteiger partial charge in [-0.1, -0.05) is 78.1 Å². The number of benzene rings is 4. The predicted molar refractivity (Wildman–Crippen MR) is 179 cm³/mol. The fourth-order valence-electron chi connectivity index (χ4n) is 5.14. The van der Waals surface area contributed by atoms with Crippen LogP contribution in [0.15, 0.2) is 123 Å². The minimum absolute atomic E-state index is 0.0167. The summed E-state index contributed by atoms with van der Waals surface area (Å²) in [6.07, 6.45) is 1.78. The molecule has 1 atom stereocenters. The molecule has 1 aliphatic rings. The number of carbonyl (C=O) groups excluding carboxylic acids is 1. The molecule has 9 nitrogen and oxygen atoms in total. The molecule has 0 N–H and O–H groups in total. The highest BCUT2D eigenvalue weighted by Crippen LogP contribution is 2.35. The zero-order valence-corrected chi connectivity index (χ0v) is 26.9. The Morgan fingerprint density at radius 2 is 1.72 bits per heavy atom. The van der Waals surface area contributed by atoms with Gasteiger partial charge in [-0.15, -0.1) is 0 Å². The van der Waals surface area contributed by atoms with Gasteiger partial charge in [0.1, 0.15) is 12.4 Å². The quantitative estimate of drug-likeness (QED) is 0.103. The molecular formula is C35H26BrN3O6S. The third-order valence-corrected chi connectivity index (χ3v) is 8.89. The monoisotopic (exact) mass is 695 g/mol. The van der Waals surface area contributed by atoms with Gasteiger partial charge < -0.3 is 9.47 Å². The molecule has 0 bridgehead atoms. The van der Waals surface area contributed by atoms with Crippen LogP contribution in [0.2, 0.25) is 0 Å². The van der Waals surface area contributed by atoms with Gasteiger partial charge in [0.25, 0.3) is 11.2 Å². The molecule has 46 heavy (non-hydrogen) atoms. The molecule has 4 aromatic carbocycles. The standard InChI is InChI=1S/C35H26BrN3O6S/c1-2-44-34(41)30-31(24-9-5-3-6-10-24)37-35-38(32(30)25-11-7-4-8-12-25)33(40)29(46-35)20-23-15-18-28(27(36)19-23)45-21-22-13-16-26(17-14-22)39(42)43/h3-20,32H,2,21H2,1H3/b29-20-/t32-/m0/s1. The highest BCUT2D eigenvalue weighted by Gasteiger charge is 2.35. The largest absolute Gasteiger partial charge is 0.488 e. The van der Waals surface area contributed by atoms with Crippen LogP contribution in [0.1, 0.15) is 35.2 Å². The van der Waals surface area contributed by atoms with Crippen molar-refractivity contribution in [2.45, 2.75) is 19.6 Å². The summed E-state index contributed by atoms with van der Waals surface area (Å²) < 4.78 is 14.1. The Bertz CT molecular complexity index is 2140. The van der Waals surface area contributed by atoms with Crippen molar-refractivity contribution in [1.29, 1.82) is 0 Å². The zero-order valence-electron chi connectivity index (χ0n) is 24.5.